The van der Waals surface area contributed by atoms with Crippen molar-refractivity contribution < 1.29 is 4.79 Å². The average Bonchev–Trinajstić information content (AvgIpc) is 2.74. The molecular weight excluding hydrogens is 284 g/mol. The predicted molar refractivity (Wildman–Crippen MR) is 88.4 cm³/mol. The van der Waals surface area contributed by atoms with E-state index in [2.05, 4.69) is 23.4 Å². The van der Waals surface area contributed by atoms with E-state index in [-0.39, 0.29) is 5.91 Å². The smallest absolute Gasteiger partial charge is 0.237 e. The van der Waals surface area contributed by atoms with E-state index in [9.17, 15) is 4.79 Å². The molecule has 0 aliphatic carbocycles. The number of nitrogens with zero attached hydrogens (tertiary/aromatic N) is 2. The number of rotatable bonds is 10. The van der Waals surface area contributed by atoms with E-state index in [0.717, 1.165) is 43.7 Å². The minimum Gasteiger partial charge on any atom is -0.368 e. The lowest BCUT2D eigenvalue weighted by Gasteiger charge is -2.27. The number of hydrogen-bond acceptors (Lipinski definition) is 4. The minimum atomic E-state index is -0.580. The number of aromatic nitrogens is 2. The van der Waals surface area contributed by atoms with E-state index in [4.69, 9.17) is 5.73 Å². The zero-order valence-electron chi connectivity index (χ0n) is 13.6. The molecule has 5 nitrogen and oxygen atoms in total. The van der Waals surface area contributed by atoms with Crippen LogP contribution in [-0.2, 0) is 11.8 Å². The Morgan fingerprint density at radius 2 is 2.24 bits per heavy atom. The van der Waals surface area contributed by atoms with Crippen LogP contribution in [-0.4, -0.2) is 33.5 Å². The zero-order valence-corrected chi connectivity index (χ0v) is 14.4. The molecule has 120 valence electrons. The molecule has 1 heterocycles. The van der Waals surface area contributed by atoms with Gasteiger partial charge in [-0.05, 0) is 51.5 Å². The van der Waals surface area contributed by atoms with E-state index < -0.39 is 5.54 Å². The fraction of sp³-hybridized carbons (Fsp3) is 0.733. The van der Waals surface area contributed by atoms with Gasteiger partial charge in [0.15, 0.2) is 0 Å². The van der Waals surface area contributed by atoms with Crippen LogP contribution >= 0.6 is 11.8 Å². The van der Waals surface area contributed by atoms with Gasteiger partial charge in [-0.1, -0.05) is 13.3 Å². The lowest BCUT2D eigenvalue weighted by Crippen LogP contribution is -2.53. The van der Waals surface area contributed by atoms with E-state index in [1.807, 2.05) is 37.3 Å². The van der Waals surface area contributed by atoms with Crippen molar-refractivity contribution in [3.05, 3.63) is 11.8 Å². The number of unbranched alkanes of at least 4 members (excludes halogenated alkanes) is 1. The molecule has 0 radical (unpaired) electrons. The summed E-state index contributed by atoms with van der Waals surface area (Å²) in [6, 6.07) is 2.10. The van der Waals surface area contributed by atoms with Gasteiger partial charge in [-0.2, -0.15) is 5.10 Å². The molecule has 0 aromatic carbocycles. The standard InChI is InChI=1S/C15H28N4OS/c1-5-9-17-15(3,14(16)20)8-6-7-10-21-13-11-12(2)18-19(13)4/h11,17H,5-10H2,1-4H3,(H2,16,20). The molecule has 21 heavy (non-hydrogen) atoms. The normalized spacial score (nSPS) is 14.1. The van der Waals surface area contributed by atoms with Gasteiger partial charge in [0.25, 0.3) is 0 Å². The summed E-state index contributed by atoms with van der Waals surface area (Å²) in [5, 5.41) is 8.79. The summed E-state index contributed by atoms with van der Waals surface area (Å²) < 4.78 is 1.91. The minimum absolute atomic E-state index is 0.258. The highest BCUT2D eigenvalue weighted by Crippen LogP contribution is 2.21. The third-order valence-corrected chi connectivity index (χ3v) is 4.76. The molecule has 0 aliphatic heterocycles. The Kier molecular flexibility index (Phi) is 7.25. The maximum absolute atomic E-state index is 11.6. The van der Waals surface area contributed by atoms with Crippen molar-refractivity contribution in [2.75, 3.05) is 12.3 Å². The number of hydrogen-bond donors (Lipinski definition) is 2. The Balaban J connectivity index is 2.31. The van der Waals surface area contributed by atoms with Gasteiger partial charge in [0.1, 0.15) is 0 Å². The summed E-state index contributed by atoms with van der Waals surface area (Å²) in [5.41, 5.74) is 5.99. The lowest BCUT2D eigenvalue weighted by molar-refractivity contribution is -0.124. The predicted octanol–water partition coefficient (Wildman–Crippen LogP) is 2.23. The van der Waals surface area contributed by atoms with Crippen LogP contribution in [0.2, 0.25) is 0 Å². The topological polar surface area (TPSA) is 72.9 Å². The third-order valence-electron chi connectivity index (χ3n) is 3.59. The number of carbonyl (C=O) groups excluding carboxylic acids is 1. The molecule has 1 amide bonds. The first-order valence-corrected chi connectivity index (χ1v) is 8.56. The van der Waals surface area contributed by atoms with Crippen molar-refractivity contribution in [1.82, 2.24) is 15.1 Å². The Morgan fingerprint density at radius 3 is 2.76 bits per heavy atom. The van der Waals surface area contributed by atoms with Crippen molar-refractivity contribution in [3.63, 3.8) is 0 Å². The fourth-order valence-electron chi connectivity index (χ4n) is 2.18. The second-order valence-electron chi connectivity index (χ2n) is 5.68. The molecule has 1 rings (SSSR count). The zero-order chi connectivity index (χ0) is 15.9. The van der Waals surface area contributed by atoms with Crippen LogP contribution in [0.15, 0.2) is 11.1 Å². The Hall–Kier alpha value is -1.01. The molecule has 0 saturated carbocycles. The van der Waals surface area contributed by atoms with E-state index >= 15 is 0 Å². The molecule has 0 aliphatic rings. The fourth-order valence-corrected chi connectivity index (χ4v) is 3.22. The molecule has 1 unspecified atom stereocenters. The molecule has 0 spiro atoms. The monoisotopic (exact) mass is 312 g/mol. The summed E-state index contributed by atoms with van der Waals surface area (Å²) in [5.74, 6) is 0.771. The van der Waals surface area contributed by atoms with Gasteiger partial charge in [0.2, 0.25) is 5.91 Å². The largest absolute Gasteiger partial charge is 0.368 e. The average molecular weight is 312 g/mol. The van der Waals surface area contributed by atoms with Crippen molar-refractivity contribution in [2.24, 2.45) is 12.8 Å². The first-order chi connectivity index (χ1) is 9.89. The van der Waals surface area contributed by atoms with Gasteiger partial charge in [0, 0.05) is 7.05 Å². The van der Waals surface area contributed by atoms with Crippen molar-refractivity contribution in [1.29, 1.82) is 0 Å². The molecule has 0 fully saturated rings. The Bertz CT molecular complexity index is 461. The molecule has 1 aromatic heterocycles. The number of aryl methyl sites for hydroxylation is 2. The molecular formula is C15H28N4OS. The van der Waals surface area contributed by atoms with Gasteiger partial charge in [-0.3, -0.25) is 9.48 Å². The summed E-state index contributed by atoms with van der Waals surface area (Å²) in [6.07, 6.45) is 3.83. The van der Waals surface area contributed by atoms with Gasteiger partial charge < -0.3 is 11.1 Å². The first kappa shape index (κ1) is 18.0. The molecule has 3 N–H and O–H groups in total. The maximum Gasteiger partial charge on any atom is 0.237 e. The van der Waals surface area contributed by atoms with Gasteiger partial charge in [0.05, 0.1) is 16.3 Å². The van der Waals surface area contributed by atoms with Crippen molar-refractivity contribution in [2.45, 2.75) is 57.0 Å². The summed E-state index contributed by atoms with van der Waals surface area (Å²) in [4.78, 5) is 11.6. The number of thioether (sulfide) groups is 1. The maximum atomic E-state index is 11.6. The SMILES string of the molecule is CCCNC(C)(CCCCSc1cc(C)nn1C)C(N)=O. The van der Waals surface area contributed by atoms with Crippen LogP contribution in [0.25, 0.3) is 0 Å². The third kappa shape index (κ3) is 5.71. The van der Waals surface area contributed by atoms with Crippen LogP contribution in [0.1, 0.15) is 45.2 Å². The van der Waals surface area contributed by atoms with Gasteiger partial charge >= 0.3 is 0 Å². The highest BCUT2D eigenvalue weighted by Gasteiger charge is 2.29. The van der Waals surface area contributed by atoms with Gasteiger partial charge in [-0.25, -0.2) is 0 Å². The van der Waals surface area contributed by atoms with Crippen LogP contribution < -0.4 is 11.1 Å². The van der Waals surface area contributed by atoms with Crippen LogP contribution in [0.4, 0.5) is 0 Å². The second kappa shape index (κ2) is 8.44. The molecule has 1 aromatic rings. The Labute approximate surface area is 132 Å². The van der Waals surface area contributed by atoms with Crippen molar-refractivity contribution in [3.8, 4) is 0 Å². The molecule has 1 atom stereocenters. The quantitative estimate of drug-likeness (QED) is 0.513. The second-order valence-corrected chi connectivity index (χ2v) is 6.79. The van der Waals surface area contributed by atoms with E-state index in [1.165, 1.54) is 5.03 Å². The number of amides is 1. The number of nitrogens with one attached hydrogen (secondary N) is 1. The number of primary amides is 1. The first-order valence-electron chi connectivity index (χ1n) is 7.57. The summed E-state index contributed by atoms with van der Waals surface area (Å²) in [6.45, 7) is 6.81. The molecule has 0 bridgehead atoms. The highest BCUT2D eigenvalue weighted by atomic mass is 32.2. The van der Waals surface area contributed by atoms with Crippen LogP contribution in [0.5, 0.6) is 0 Å². The Morgan fingerprint density at radius 1 is 1.52 bits per heavy atom. The van der Waals surface area contributed by atoms with Crippen molar-refractivity contribution >= 4 is 17.7 Å². The van der Waals surface area contributed by atoms with Crippen LogP contribution in [0.3, 0.4) is 0 Å². The molecule has 6 heteroatoms. The van der Waals surface area contributed by atoms with E-state index in [0.29, 0.717) is 0 Å². The summed E-state index contributed by atoms with van der Waals surface area (Å²) >= 11 is 1.81. The molecule has 0 saturated heterocycles. The van der Waals surface area contributed by atoms with E-state index in [1.54, 1.807) is 0 Å². The number of carbonyl (C=O) groups is 1. The van der Waals surface area contributed by atoms with Gasteiger partial charge in [-0.15, -0.1) is 11.8 Å². The summed E-state index contributed by atoms with van der Waals surface area (Å²) in [7, 11) is 1.97. The number of nitrogens with two attached hydrogens (primary N) is 1. The van der Waals surface area contributed by atoms with Crippen LogP contribution in [0, 0.1) is 6.92 Å². The lowest BCUT2D eigenvalue weighted by atomic mass is 9.94. The highest BCUT2D eigenvalue weighted by molar-refractivity contribution is 7.99.